The molecule has 1 saturated carbocycles. The van der Waals surface area contributed by atoms with E-state index in [9.17, 15) is 9.18 Å². The van der Waals surface area contributed by atoms with Gasteiger partial charge in [0.1, 0.15) is 11.6 Å². The molecule has 3 heterocycles. The Bertz CT molecular complexity index is 805. The number of hydrogen-bond donors (Lipinski definition) is 2. The highest BCUT2D eigenvalue weighted by Crippen LogP contribution is 2.44. The third-order valence-electron chi connectivity index (χ3n) is 5.36. The van der Waals surface area contributed by atoms with Crippen molar-refractivity contribution in [1.29, 1.82) is 0 Å². The van der Waals surface area contributed by atoms with Crippen LogP contribution < -0.4 is 10.6 Å². The highest BCUT2D eigenvalue weighted by molar-refractivity contribution is 6.05. The standard InChI is InChI=1S/C17H19FN4O/c18-10-6-11-15-13(7-10)21-16(12-2-1-5-19-12)22(15)14(9-3-4-9)8-20-17(11)23/h6-7,9,12,14,19H,1-5,8H2,(H,20,23)/t12-,14?/m1/s1. The number of nitrogens with one attached hydrogen (secondary N) is 2. The van der Waals surface area contributed by atoms with E-state index in [0.29, 0.717) is 23.5 Å². The monoisotopic (exact) mass is 314 g/mol. The molecule has 5 nitrogen and oxygen atoms in total. The maximum Gasteiger partial charge on any atom is 0.253 e. The van der Waals surface area contributed by atoms with Crippen LogP contribution in [-0.2, 0) is 0 Å². The number of aromatic nitrogens is 2. The predicted molar refractivity (Wildman–Crippen MR) is 83.8 cm³/mol. The van der Waals surface area contributed by atoms with Gasteiger partial charge in [-0.15, -0.1) is 0 Å². The summed E-state index contributed by atoms with van der Waals surface area (Å²) in [7, 11) is 0. The third kappa shape index (κ3) is 2.01. The van der Waals surface area contributed by atoms with Gasteiger partial charge in [0.15, 0.2) is 0 Å². The molecule has 5 rings (SSSR count). The summed E-state index contributed by atoms with van der Waals surface area (Å²) >= 11 is 0. The number of carbonyl (C=O) groups is 1. The summed E-state index contributed by atoms with van der Waals surface area (Å²) in [6, 6.07) is 3.23. The Kier molecular flexibility index (Phi) is 2.80. The van der Waals surface area contributed by atoms with E-state index in [1.165, 1.54) is 25.0 Å². The van der Waals surface area contributed by atoms with Crippen LogP contribution in [0.15, 0.2) is 12.1 Å². The zero-order valence-electron chi connectivity index (χ0n) is 12.8. The van der Waals surface area contributed by atoms with Gasteiger partial charge < -0.3 is 15.2 Å². The molecule has 6 heteroatoms. The number of hydrogen-bond acceptors (Lipinski definition) is 3. The second-order valence-electron chi connectivity index (χ2n) is 6.92. The average Bonchev–Trinajstić information content (AvgIpc) is 3.12. The topological polar surface area (TPSA) is 59.0 Å². The van der Waals surface area contributed by atoms with Gasteiger partial charge in [0, 0.05) is 12.6 Å². The lowest BCUT2D eigenvalue weighted by Crippen LogP contribution is -2.30. The number of nitrogens with zero attached hydrogens (tertiary/aromatic N) is 2. The van der Waals surface area contributed by atoms with E-state index in [2.05, 4.69) is 15.2 Å². The van der Waals surface area contributed by atoms with Gasteiger partial charge in [0.25, 0.3) is 5.91 Å². The van der Waals surface area contributed by atoms with E-state index < -0.39 is 5.82 Å². The van der Waals surface area contributed by atoms with E-state index in [4.69, 9.17) is 4.98 Å². The van der Waals surface area contributed by atoms with E-state index in [0.717, 1.165) is 30.7 Å². The lowest BCUT2D eigenvalue weighted by Gasteiger charge is -2.22. The first-order chi connectivity index (χ1) is 11.2. The summed E-state index contributed by atoms with van der Waals surface area (Å²) in [6.45, 7) is 1.59. The number of imidazole rings is 1. The number of amides is 1. The molecule has 1 aliphatic carbocycles. The molecule has 2 N–H and O–H groups in total. The van der Waals surface area contributed by atoms with Crippen LogP contribution in [0.1, 0.15) is 53.9 Å². The Morgan fingerprint density at radius 2 is 2.13 bits per heavy atom. The predicted octanol–water partition coefficient (Wildman–Crippen LogP) is 2.29. The first-order valence-corrected chi connectivity index (χ1v) is 8.45. The normalized spacial score (nSPS) is 27.3. The lowest BCUT2D eigenvalue weighted by atomic mass is 10.1. The molecule has 23 heavy (non-hydrogen) atoms. The van der Waals surface area contributed by atoms with Crippen molar-refractivity contribution >= 4 is 16.9 Å². The second-order valence-corrected chi connectivity index (χ2v) is 6.92. The third-order valence-corrected chi connectivity index (χ3v) is 5.36. The van der Waals surface area contributed by atoms with Crippen molar-refractivity contribution in [3.05, 3.63) is 29.3 Å². The van der Waals surface area contributed by atoms with Crippen molar-refractivity contribution in [2.45, 2.75) is 37.8 Å². The molecule has 0 bridgehead atoms. The lowest BCUT2D eigenvalue weighted by molar-refractivity contribution is 0.0951. The minimum atomic E-state index is -0.400. The number of rotatable bonds is 2. The first-order valence-electron chi connectivity index (χ1n) is 8.45. The van der Waals surface area contributed by atoms with Crippen LogP contribution in [-0.4, -0.2) is 28.5 Å². The molecule has 2 fully saturated rings. The number of halogens is 1. The maximum absolute atomic E-state index is 14.0. The summed E-state index contributed by atoms with van der Waals surface area (Å²) in [5.41, 5.74) is 1.83. The van der Waals surface area contributed by atoms with Gasteiger partial charge in [-0.2, -0.15) is 0 Å². The molecule has 1 aromatic heterocycles. The van der Waals surface area contributed by atoms with E-state index >= 15 is 0 Å². The maximum atomic E-state index is 14.0. The summed E-state index contributed by atoms with van der Waals surface area (Å²) in [4.78, 5) is 17.2. The Morgan fingerprint density at radius 1 is 1.26 bits per heavy atom. The van der Waals surface area contributed by atoms with Gasteiger partial charge in [0.2, 0.25) is 0 Å². The molecular weight excluding hydrogens is 295 g/mol. The second kappa shape index (κ2) is 4.77. The molecule has 1 aromatic carbocycles. The molecule has 1 amide bonds. The minimum absolute atomic E-state index is 0.190. The van der Waals surface area contributed by atoms with Crippen LogP contribution >= 0.6 is 0 Å². The first kappa shape index (κ1) is 13.5. The Hall–Kier alpha value is -1.95. The van der Waals surface area contributed by atoms with Crippen molar-refractivity contribution in [3.8, 4) is 0 Å². The van der Waals surface area contributed by atoms with Crippen molar-refractivity contribution in [2.75, 3.05) is 13.1 Å². The fourth-order valence-electron chi connectivity index (χ4n) is 4.12. The summed E-state index contributed by atoms with van der Waals surface area (Å²) in [6.07, 6.45) is 4.54. The number of benzene rings is 1. The molecule has 0 radical (unpaired) electrons. The Labute approximate surface area is 133 Å². The van der Waals surface area contributed by atoms with Gasteiger partial charge in [-0.05, 0) is 44.2 Å². The zero-order valence-corrected chi connectivity index (χ0v) is 12.8. The fourth-order valence-corrected chi connectivity index (χ4v) is 4.12. The van der Waals surface area contributed by atoms with Crippen LogP contribution in [0.3, 0.4) is 0 Å². The van der Waals surface area contributed by atoms with Crippen molar-refractivity contribution in [2.24, 2.45) is 5.92 Å². The van der Waals surface area contributed by atoms with Gasteiger partial charge in [-0.3, -0.25) is 4.79 Å². The van der Waals surface area contributed by atoms with Gasteiger partial charge in [-0.1, -0.05) is 0 Å². The largest absolute Gasteiger partial charge is 0.350 e. The molecule has 1 unspecified atom stereocenters. The summed E-state index contributed by atoms with van der Waals surface area (Å²) < 4.78 is 16.2. The van der Waals surface area contributed by atoms with Gasteiger partial charge >= 0.3 is 0 Å². The van der Waals surface area contributed by atoms with Gasteiger partial charge in [-0.25, -0.2) is 9.37 Å². The zero-order chi connectivity index (χ0) is 15.6. The van der Waals surface area contributed by atoms with E-state index in [1.807, 2.05) is 0 Å². The Balaban J connectivity index is 1.80. The fraction of sp³-hybridized carbons (Fsp3) is 0.529. The van der Waals surface area contributed by atoms with E-state index in [1.54, 1.807) is 0 Å². The van der Waals surface area contributed by atoms with Gasteiger partial charge in [0.05, 0.1) is 28.7 Å². The average molecular weight is 314 g/mol. The SMILES string of the molecule is O=C1NCC(C2CC2)n2c([C@H]3CCCN3)nc3cc(F)cc1c32. The highest BCUT2D eigenvalue weighted by atomic mass is 19.1. The molecular formula is C17H19FN4O. The van der Waals surface area contributed by atoms with Crippen molar-refractivity contribution in [3.63, 3.8) is 0 Å². The highest BCUT2D eigenvalue weighted by Gasteiger charge is 2.39. The molecule has 120 valence electrons. The minimum Gasteiger partial charge on any atom is -0.350 e. The Morgan fingerprint density at radius 3 is 2.87 bits per heavy atom. The van der Waals surface area contributed by atoms with Crippen LogP contribution in [0.4, 0.5) is 4.39 Å². The van der Waals surface area contributed by atoms with Crippen LogP contribution in [0.5, 0.6) is 0 Å². The van der Waals surface area contributed by atoms with E-state index in [-0.39, 0.29) is 18.0 Å². The quantitative estimate of drug-likeness (QED) is 0.894. The number of carbonyl (C=O) groups excluding carboxylic acids is 1. The molecule has 2 atom stereocenters. The summed E-state index contributed by atoms with van der Waals surface area (Å²) in [5.74, 6) is 0.967. The smallest absolute Gasteiger partial charge is 0.253 e. The molecule has 1 saturated heterocycles. The molecule has 3 aliphatic rings. The van der Waals surface area contributed by atoms with Crippen molar-refractivity contribution in [1.82, 2.24) is 20.2 Å². The molecule has 2 aliphatic heterocycles. The molecule has 0 spiro atoms. The van der Waals surface area contributed by atoms with Crippen molar-refractivity contribution < 1.29 is 9.18 Å². The summed E-state index contributed by atoms with van der Waals surface area (Å²) in [5, 5.41) is 6.48. The van der Waals surface area contributed by atoms with Crippen LogP contribution in [0, 0.1) is 11.7 Å². The van der Waals surface area contributed by atoms with Crippen LogP contribution in [0.25, 0.3) is 11.0 Å². The molecule has 2 aromatic rings. The van der Waals surface area contributed by atoms with Crippen LogP contribution in [0.2, 0.25) is 0 Å².